The van der Waals surface area contributed by atoms with Crippen molar-refractivity contribution in [3.05, 3.63) is 36.7 Å². The molecule has 0 saturated carbocycles. The summed E-state index contributed by atoms with van der Waals surface area (Å²) in [7, 11) is 3.41. The summed E-state index contributed by atoms with van der Waals surface area (Å²) < 4.78 is 55.5. The number of benzene rings is 1. The number of para-hydroxylation sites is 1. The number of nitrogens with one attached hydrogen (secondary N) is 1. The van der Waals surface area contributed by atoms with E-state index < -0.39 is 49.1 Å². The summed E-state index contributed by atoms with van der Waals surface area (Å²) in [6.45, 7) is -0.563. The monoisotopic (exact) mass is 615 g/mol. The van der Waals surface area contributed by atoms with Crippen LogP contribution in [0.25, 0.3) is 11.2 Å². The van der Waals surface area contributed by atoms with E-state index in [0.29, 0.717) is 5.82 Å². The maximum absolute atomic E-state index is 16.3. The fourth-order valence-electron chi connectivity index (χ4n) is 4.21. The fourth-order valence-corrected chi connectivity index (χ4v) is 6.60. The van der Waals surface area contributed by atoms with Gasteiger partial charge in [-0.25, -0.2) is 18.9 Å². The number of rotatable bonds is 11. The molecule has 3 aromatic rings. The highest BCUT2D eigenvalue weighted by molar-refractivity contribution is 8.09. The number of hydrogen-bond acceptors (Lipinski definition) is 12. The van der Waals surface area contributed by atoms with Crippen molar-refractivity contribution >= 4 is 47.3 Å². The van der Waals surface area contributed by atoms with Gasteiger partial charge in [-0.2, -0.15) is 9.97 Å². The van der Waals surface area contributed by atoms with E-state index in [2.05, 4.69) is 20.0 Å². The highest BCUT2D eigenvalue weighted by Gasteiger charge is 2.65. The van der Waals surface area contributed by atoms with Gasteiger partial charge in [-0.1, -0.05) is 18.2 Å². The average Bonchev–Trinajstić information content (AvgIpc) is 3.40. The van der Waals surface area contributed by atoms with Crippen LogP contribution in [-0.4, -0.2) is 81.6 Å². The predicted molar refractivity (Wildman–Crippen MR) is 150 cm³/mol. The zero-order chi connectivity index (χ0) is 30.2. The lowest BCUT2D eigenvalue weighted by atomic mass is 9.97. The van der Waals surface area contributed by atoms with E-state index in [4.69, 9.17) is 36.1 Å². The van der Waals surface area contributed by atoms with Gasteiger partial charge in [0, 0.05) is 14.1 Å². The van der Waals surface area contributed by atoms with Crippen molar-refractivity contribution in [2.75, 3.05) is 37.9 Å². The van der Waals surface area contributed by atoms with Crippen LogP contribution in [-0.2, 0) is 30.6 Å². The summed E-state index contributed by atoms with van der Waals surface area (Å²) in [5.41, 5.74) is 3.47. The molecule has 1 unspecified atom stereocenters. The van der Waals surface area contributed by atoms with Crippen molar-refractivity contribution < 1.29 is 37.2 Å². The molecule has 6 atom stereocenters. The number of carbonyl (C=O) groups is 1. The second-order valence-electron chi connectivity index (χ2n) is 9.71. The van der Waals surface area contributed by atoms with E-state index in [-0.39, 0.29) is 29.5 Å². The van der Waals surface area contributed by atoms with Gasteiger partial charge in [-0.15, -0.1) is 0 Å². The molecule has 0 amide bonds. The van der Waals surface area contributed by atoms with Gasteiger partial charge in [-0.05, 0) is 44.7 Å². The summed E-state index contributed by atoms with van der Waals surface area (Å²) >= 11 is 5.57. The Bertz CT molecular complexity index is 1450. The summed E-state index contributed by atoms with van der Waals surface area (Å²) in [5.74, 6) is -3.26. The first-order valence-corrected chi connectivity index (χ1v) is 15.2. The fraction of sp³-hybridized carbons (Fsp3) is 0.500. The molecule has 4 N–H and O–H groups in total. The first kappa shape index (κ1) is 30.9. The Hall–Kier alpha value is -3.01. The Morgan fingerprint density at radius 1 is 1.34 bits per heavy atom. The van der Waals surface area contributed by atoms with Gasteiger partial charge in [0.05, 0.1) is 12.9 Å². The van der Waals surface area contributed by atoms with Crippen molar-refractivity contribution in [3.63, 3.8) is 0 Å². The summed E-state index contributed by atoms with van der Waals surface area (Å²) in [6, 6.07) is 7.27. The first-order valence-electron chi connectivity index (χ1n) is 12.6. The summed E-state index contributed by atoms with van der Waals surface area (Å²) in [5, 5.41) is 13.6. The van der Waals surface area contributed by atoms with Crippen LogP contribution in [0.2, 0.25) is 0 Å². The quantitative estimate of drug-likeness (QED) is 0.214. The molecule has 0 radical (unpaired) electrons. The van der Waals surface area contributed by atoms with Crippen LogP contribution in [0.1, 0.15) is 27.0 Å². The van der Waals surface area contributed by atoms with Crippen LogP contribution in [0.15, 0.2) is 36.7 Å². The second kappa shape index (κ2) is 11.7. The molecule has 0 bridgehead atoms. The average molecular weight is 616 g/mol. The van der Waals surface area contributed by atoms with Crippen molar-refractivity contribution in [1.29, 1.82) is 0 Å². The van der Waals surface area contributed by atoms with Gasteiger partial charge in [0.25, 0.3) is 5.85 Å². The van der Waals surface area contributed by atoms with Crippen molar-refractivity contribution in [2.24, 2.45) is 0 Å². The molecule has 0 spiro atoms. The van der Waals surface area contributed by atoms with Crippen molar-refractivity contribution in [3.8, 4) is 5.75 Å². The van der Waals surface area contributed by atoms with Crippen LogP contribution in [0.5, 0.6) is 5.75 Å². The maximum atomic E-state index is 16.3. The number of ether oxygens (including phenoxy) is 2. The molecule has 13 nitrogen and oxygen atoms in total. The molecular formula is C24H32F2N7O6PS. The number of halogens is 2. The van der Waals surface area contributed by atoms with Crippen LogP contribution in [0.3, 0.4) is 0 Å². The van der Waals surface area contributed by atoms with Crippen molar-refractivity contribution in [2.45, 2.75) is 50.7 Å². The summed E-state index contributed by atoms with van der Waals surface area (Å²) in [4.78, 5) is 26.4. The number of nitrogens with zero attached hydrogens (tertiary/aromatic N) is 5. The van der Waals surface area contributed by atoms with Crippen LogP contribution >= 0.6 is 6.64 Å². The first-order chi connectivity index (χ1) is 19.2. The molecule has 1 saturated heterocycles. The Morgan fingerprint density at radius 3 is 2.66 bits per heavy atom. The molecule has 224 valence electrons. The molecule has 1 fully saturated rings. The van der Waals surface area contributed by atoms with Gasteiger partial charge in [-0.3, -0.25) is 9.36 Å². The van der Waals surface area contributed by atoms with E-state index in [1.165, 1.54) is 13.3 Å². The number of aliphatic hydroxyl groups excluding tert-OH is 1. The van der Waals surface area contributed by atoms with Crippen molar-refractivity contribution in [1.82, 2.24) is 24.6 Å². The third-order valence-electron chi connectivity index (χ3n) is 6.22. The number of aliphatic hydroxyl groups is 1. The van der Waals surface area contributed by atoms with Gasteiger partial charge < -0.3 is 34.3 Å². The van der Waals surface area contributed by atoms with Gasteiger partial charge in [0.15, 0.2) is 35.0 Å². The van der Waals surface area contributed by atoms with Gasteiger partial charge in [0.2, 0.25) is 5.95 Å². The zero-order valence-electron chi connectivity index (χ0n) is 23.0. The minimum atomic E-state index is -3.71. The Labute approximate surface area is 240 Å². The van der Waals surface area contributed by atoms with E-state index >= 15 is 8.78 Å². The highest BCUT2D eigenvalue weighted by Crippen LogP contribution is 2.52. The molecule has 17 heteroatoms. The Morgan fingerprint density at radius 2 is 2.02 bits per heavy atom. The Kier molecular flexibility index (Phi) is 8.83. The number of fused-ring (bicyclic) bond motifs is 1. The molecule has 3 heterocycles. The molecular weight excluding hydrogens is 583 g/mol. The number of carbonyl (C=O) groups excluding carboxylic acids is 1. The van der Waals surface area contributed by atoms with Crippen LogP contribution < -0.4 is 20.2 Å². The number of imidazole rings is 1. The molecule has 1 aliphatic rings. The molecule has 41 heavy (non-hydrogen) atoms. The lowest BCUT2D eigenvalue weighted by molar-refractivity contribution is -0.202. The number of aromatic nitrogens is 4. The van der Waals surface area contributed by atoms with E-state index in [1.807, 2.05) is 0 Å². The zero-order valence-corrected chi connectivity index (χ0v) is 24.7. The lowest BCUT2D eigenvalue weighted by Gasteiger charge is -2.30. The smallest absolute Gasteiger partial charge is 0.323 e. The van der Waals surface area contributed by atoms with Crippen LogP contribution in [0, 0.1) is 0 Å². The standard InChI is InChI=1S/C24H32F2N7O6PS/c1-6-36-19(34)14(2)31-40(41,39-15-10-8-7-9-11-15)37-12-24(26)20(35)23(3,25)21(38-24)33-13-28-16-17(32(4)5)29-22(27)30-18(16)33/h7-11,13-14,20-21,35H,6,12H2,1-5H3,(H,31,41)(H2,27,29,30)/t14-,20-,21+,23+,24+,40?/m0/s1. The van der Waals surface area contributed by atoms with E-state index in [1.54, 1.807) is 56.3 Å². The number of nitrogen functional groups attached to an aromatic ring is 1. The predicted octanol–water partition coefficient (Wildman–Crippen LogP) is 2.62. The highest BCUT2D eigenvalue weighted by atomic mass is 32.5. The minimum absolute atomic E-state index is 0.0647. The third-order valence-corrected chi connectivity index (χ3v) is 8.70. The minimum Gasteiger partial charge on any atom is -0.465 e. The second-order valence-corrected chi connectivity index (χ2v) is 12.8. The molecule has 0 aliphatic carbocycles. The number of esters is 1. The lowest BCUT2D eigenvalue weighted by Crippen LogP contribution is -2.47. The number of nitrogens with two attached hydrogens (primary N) is 1. The van der Waals surface area contributed by atoms with E-state index in [9.17, 15) is 9.90 Å². The molecule has 2 aromatic heterocycles. The van der Waals surface area contributed by atoms with Gasteiger partial charge >= 0.3 is 12.6 Å². The number of hydrogen-bond donors (Lipinski definition) is 3. The largest absolute Gasteiger partial charge is 0.465 e. The summed E-state index contributed by atoms with van der Waals surface area (Å²) in [6.07, 6.45) is -2.88. The van der Waals surface area contributed by atoms with Crippen LogP contribution in [0.4, 0.5) is 20.5 Å². The molecule has 4 rings (SSSR count). The number of anilines is 2. The normalized spacial score (nSPS) is 26.4. The molecule has 1 aromatic carbocycles. The van der Waals surface area contributed by atoms with Gasteiger partial charge in [0.1, 0.15) is 18.4 Å². The number of alkyl halides is 2. The SMILES string of the molecule is CCOC(=O)[C@H](C)NP(=S)(OC[C@@]1(F)O[C@@H](n2cnc3c(N(C)C)nc(N)nc32)[C@](C)(F)[C@@H]1O)Oc1ccccc1. The third kappa shape index (κ3) is 6.27. The topological polar surface area (TPSA) is 159 Å². The Balaban J connectivity index is 1.63. The van der Waals surface area contributed by atoms with E-state index in [0.717, 1.165) is 11.5 Å². The maximum Gasteiger partial charge on any atom is 0.323 e. The molecule has 1 aliphatic heterocycles.